The van der Waals surface area contributed by atoms with Gasteiger partial charge >= 0.3 is 0 Å². The number of hydrogen-bond acceptors (Lipinski definition) is 3. The normalized spacial score (nSPS) is 12.3. The lowest BCUT2D eigenvalue weighted by molar-refractivity contribution is 0.0888. The highest BCUT2D eigenvalue weighted by atomic mass is 16.5. The summed E-state index contributed by atoms with van der Waals surface area (Å²) in [7, 11) is 1.64. The van der Waals surface area contributed by atoms with Crippen LogP contribution in [-0.4, -0.2) is 29.3 Å². The Morgan fingerprint density at radius 1 is 1.32 bits per heavy atom. The number of para-hydroxylation sites is 1. The van der Waals surface area contributed by atoms with Crippen molar-refractivity contribution >= 4 is 5.78 Å². The van der Waals surface area contributed by atoms with Gasteiger partial charge < -0.3 is 4.74 Å². The second kappa shape index (κ2) is 6.29. The molecule has 1 unspecified atom stereocenters. The fraction of sp³-hybridized carbons (Fsp3) is 0.333. The van der Waals surface area contributed by atoms with Crippen LogP contribution >= 0.6 is 0 Å². The van der Waals surface area contributed by atoms with Crippen molar-refractivity contribution in [1.82, 2.24) is 9.78 Å². The number of rotatable bonds is 6. The van der Waals surface area contributed by atoms with Gasteiger partial charge in [-0.05, 0) is 24.6 Å². The van der Waals surface area contributed by atoms with Gasteiger partial charge in [-0.15, -0.1) is 0 Å². The number of aromatic nitrogens is 2. The maximum atomic E-state index is 12.2. The second-order valence-electron chi connectivity index (χ2n) is 4.53. The lowest BCUT2D eigenvalue weighted by Crippen LogP contribution is -2.14. The average Bonchev–Trinajstić information content (AvgIpc) is 2.94. The van der Waals surface area contributed by atoms with E-state index in [0.29, 0.717) is 18.7 Å². The van der Waals surface area contributed by atoms with Gasteiger partial charge in [-0.2, -0.15) is 5.10 Å². The van der Waals surface area contributed by atoms with E-state index in [-0.39, 0.29) is 11.7 Å². The third kappa shape index (κ3) is 3.29. The molecule has 2 aromatic rings. The molecule has 0 saturated carbocycles. The van der Waals surface area contributed by atoms with Crippen LogP contribution in [0.2, 0.25) is 0 Å². The molecule has 0 aliphatic rings. The summed E-state index contributed by atoms with van der Waals surface area (Å²) in [5.74, 6) is -0.00851. The first-order valence-electron chi connectivity index (χ1n) is 6.36. The molecule has 19 heavy (non-hydrogen) atoms. The molecule has 0 N–H and O–H groups in total. The SMILES string of the molecule is COCCC(C)C(=O)c1ccn(-c2ccccc2)n1. The van der Waals surface area contributed by atoms with E-state index in [0.717, 1.165) is 5.69 Å². The van der Waals surface area contributed by atoms with Gasteiger partial charge in [-0.25, -0.2) is 4.68 Å². The highest BCUT2D eigenvalue weighted by molar-refractivity contribution is 5.95. The van der Waals surface area contributed by atoms with Crippen LogP contribution in [0, 0.1) is 5.92 Å². The maximum absolute atomic E-state index is 12.2. The Balaban J connectivity index is 2.11. The van der Waals surface area contributed by atoms with Crippen LogP contribution in [0.5, 0.6) is 0 Å². The molecule has 100 valence electrons. The monoisotopic (exact) mass is 258 g/mol. The van der Waals surface area contributed by atoms with Gasteiger partial charge in [0.2, 0.25) is 0 Å². The first-order valence-corrected chi connectivity index (χ1v) is 6.36. The number of Topliss-reactive ketones (excluding diaryl/α,β-unsaturated/α-hetero) is 1. The summed E-state index contributed by atoms with van der Waals surface area (Å²) in [5, 5.41) is 4.34. The Kier molecular flexibility index (Phi) is 4.47. The fourth-order valence-electron chi connectivity index (χ4n) is 1.86. The van der Waals surface area contributed by atoms with Crippen molar-refractivity contribution in [2.24, 2.45) is 5.92 Å². The molecule has 0 fully saturated rings. The third-order valence-corrected chi connectivity index (χ3v) is 3.06. The molecule has 1 atom stereocenters. The maximum Gasteiger partial charge on any atom is 0.185 e. The van der Waals surface area contributed by atoms with Crippen LogP contribution in [0.15, 0.2) is 42.6 Å². The van der Waals surface area contributed by atoms with Crippen LogP contribution in [0.1, 0.15) is 23.8 Å². The van der Waals surface area contributed by atoms with E-state index in [2.05, 4.69) is 5.10 Å². The van der Waals surface area contributed by atoms with Gasteiger partial charge in [0.05, 0.1) is 5.69 Å². The van der Waals surface area contributed by atoms with Crippen molar-refractivity contribution in [1.29, 1.82) is 0 Å². The molecule has 0 aliphatic heterocycles. The number of ether oxygens (including phenoxy) is 1. The van der Waals surface area contributed by atoms with E-state index in [1.54, 1.807) is 17.9 Å². The minimum atomic E-state index is -0.0703. The number of hydrogen-bond donors (Lipinski definition) is 0. The van der Waals surface area contributed by atoms with Gasteiger partial charge in [0.15, 0.2) is 5.78 Å². The van der Waals surface area contributed by atoms with Gasteiger partial charge in [-0.3, -0.25) is 4.79 Å². The molecule has 0 aliphatic carbocycles. The van der Waals surface area contributed by atoms with E-state index in [4.69, 9.17) is 4.74 Å². The molecule has 1 aromatic heterocycles. The van der Waals surface area contributed by atoms with Gasteiger partial charge in [-0.1, -0.05) is 25.1 Å². The van der Waals surface area contributed by atoms with Gasteiger partial charge in [0, 0.05) is 25.8 Å². The Labute approximate surface area is 113 Å². The molecular weight excluding hydrogens is 240 g/mol. The Bertz CT molecular complexity index is 534. The standard InChI is InChI=1S/C15H18N2O2/c1-12(9-11-19-2)15(18)14-8-10-17(16-14)13-6-4-3-5-7-13/h3-8,10,12H,9,11H2,1-2H3. The summed E-state index contributed by atoms with van der Waals surface area (Å²) in [5.41, 5.74) is 1.46. The molecule has 4 heteroatoms. The summed E-state index contributed by atoms with van der Waals surface area (Å²) in [4.78, 5) is 12.2. The van der Waals surface area contributed by atoms with E-state index >= 15 is 0 Å². The minimum absolute atomic E-state index is 0.0618. The molecule has 0 saturated heterocycles. The largest absolute Gasteiger partial charge is 0.385 e. The van der Waals surface area contributed by atoms with E-state index in [9.17, 15) is 4.79 Å². The quantitative estimate of drug-likeness (QED) is 0.748. The topological polar surface area (TPSA) is 44.1 Å². The molecule has 0 amide bonds. The van der Waals surface area contributed by atoms with Crippen LogP contribution in [-0.2, 0) is 4.74 Å². The van der Waals surface area contributed by atoms with E-state index in [1.807, 2.05) is 43.5 Å². The van der Waals surface area contributed by atoms with Crippen LogP contribution in [0.3, 0.4) is 0 Å². The predicted molar refractivity (Wildman–Crippen MR) is 73.6 cm³/mol. The van der Waals surface area contributed by atoms with Gasteiger partial charge in [0.1, 0.15) is 5.69 Å². The molecule has 4 nitrogen and oxygen atoms in total. The summed E-state index contributed by atoms with van der Waals surface area (Å²) < 4.78 is 6.71. The lowest BCUT2D eigenvalue weighted by Gasteiger charge is -2.07. The molecule has 0 bridgehead atoms. The number of benzene rings is 1. The van der Waals surface area contributed by atoms with Crippen LogP contribution in [0.4, 0.5) is 0 Å². The van der Waals surface area contributed by atoms with E-state index in [1.165, 1.54) is 0 Å². The molecule has 0 radical (unpaired) electrons. The molecular formula is C15H18N2O2. The summed E-state index contributed by atoms with van der Waals surface area (Å²) in [6, 6.07) is 11.5. The van der Waals surface area contributed by atoms with Crippen molar-refractivity contribution in [2.45, 2.75) is 13.3 Å². The highest BCUT2D eigenvalue weighted by Gasteiger charge is 2.17. The summed E-state index contributed by atoms with van der Waals surface area (Å²) in [6.07, 6.45) is 2.53. The Hall–Kier alpha value is -1.94. The van der Waals surface area contributed by atoms with Crippen molar-refractivity contribution in [2.75, 3.05) is 13.7 Å². The number of ketones is 1. The Morgan fingerprint density at radius 3 is 2.74 bits per heavy atom. The highest BCUT2D eigenvalue weighted by Crippen LogP contribution is 2.12. The second-order valence-corrected chi connectivity index (χ2v) is 4.53. The Morgan fingerprint density at radius 2 is 2.05 bits per heavy atom. The van der Waals surface area contributed by atoms with Crippen molar-refractivity contribution in [3.05, 3.63) is 48.3 Å². The zero-order valence-electron chi connectivity index (χ0n) is 11.2. The van der Waals surface area contributed by atoms with E-state index < -0.39 is 0 Å². The van der Waals surface area contributed by atoms with Crippen LogP contribution < -0.4 is 0 Å². The summed E-state index contributed by atoms with van der Waals surface area (Å²) in [6.45, 7) is 2.50. The summed E-state index contributed by atoms with van der Waals surface area (Å²) >= 11 is 0. The van der Waals surface area contributed by atoms with Crippen molar-refractivity contribution in [3.8, 4) is 5.69 Å². The number of methoxy groups -OCH3 is 1. The molecule has 1 aromatic carbocycles. The van der Waals surface area contributed by atoms with Crippen molar-refractivity contribution < 1.29 is 9.53 Å². The minimum Gasteiger partial charge on any atom is -0.385 e. The number of nitrogens with zero attached hydrogens (tertiary/aromatic N) is 2. The molecule has 0 spiro atoms. The van der Waals surface area contributed by atoms with Gasteiger partial charge in [0.25, 0.3) is 0 Å². The smallest absolute Gasteiger partial charge is 0.185 e. The zero-order valence-corrected chi connectivity index (χ0v) is 11.2. The predicted octanol–water partition coefficient (Wildman–Crippen LogP) is 2.73. The average molecular weight is 258 g/mol. The van der Waals surface area contributed by atoms with Crippen molar-refractivity contribution in [3.63, 3.8) is 0 Å². The first-order chi connectivity index (χ1) is 9.22. The zero-order chi connectivity index (χ0) is 13.7. The molecule has 1 heterocycles. The number of carbonyl (C=O) groups excluding carboxylic acids is 1. The molecule has 2 rings (SSSR count). The lowest BCUT2D eigenvalue weighted by atomic mass is 10.0. The first kappa shape index (κ1) is 13.5. The van der Waals surface area contributed by atoms with Crippen LogP contribution in [0.25, 0.3) is 5.69 Å². The number of carbonyl (C=O) groups is 1. The third-order valence-electron chi connectivity index (χ3n) is 3.06. The fourth-order valence-corrected chi connectivity index (χ4v) is 1.86.